The lowest BCUT2D eigenvalue weighted by Gasteiger charge is -2.25. The molecule has 0 spiro atoms. The van der Waals surface area contributed by atoms with Crippen molar-refractivity contribution in [2.75, 3.05) is 0 Å². The van der Waals surface area contributed by atoms with Crippen molar-refractivity contribution in [3.8, 4) is 0 Å². The maximum atomic E-state index is 12.4. The summed E-state index contributed by atoms with van der Waals surface area (Å²) in [6.07, 6.45) is 4.36. The zero-order valence-corrected chi connectivity index (χ0v) is 13.7. The fourth-order valence-corrected chi connectivity index (χ4v) is 2.74. The van der Waals surface area contributed by atoms with E-state index in [2.05, 4.69) is 10.6 Å². The van der Waals surface area contributed by atoms with Crippen LogP contribution in [0.3, 0.4) is 0 Å². The molecule has 0 saturated heterocycles. The predicted octanol–water partition coefficient (Wildman–Crippen LogP) is 2.70. The Morgan fingerprint density at radius 2 is 1.77 bits per heavy atom. The van der Waals surface area contributed by atoms with Gasteiger partial charge in [0.1, 0.15) is 5.41 Å². The molecule has 1 saturated carbocycles. The summed E-state index contributed by atoms with van der Waals surface area (Å²) in [6.45, 7) is 5.83. The Labute approximate surface area is 132 Å². The molecule has 0 aliphatic heterocycles. The van der Waals surface area contributed by atoms with Crippen molar-refractivity contribution >= 4 is 11.8 Å². The van der Waals surface area contributed by atoms with Crippen LogP contribution in [0.25, 0.3) is 0 Å². The largest absolute Gasteiger partial charge is 0.352 e. The fraction of sp³-hybridized carbons (Fsp3) is 0.556. The zero-order valence-electron chi connectivity index (χ0n) is 13.7. The van der Waals surface area contributed by atoms with Gasteiger partial charge in [-0.1, -0.05) is 37.1 Å². The van der Waals surface area contributed by atoms with E-state index in [9.17, 15) is 9.59 Å². The van der Waals surface area contributed by atoms with Crippen molar-refractivity contribution in [2.45, 2.75) is 59.0 Å². The summed E-state index contributed by atoms with van der Waals surface area (Å²) in [5, 5.41) is 5.90. The summed E-state index contributed by atoms with van der Waals surface area (Å²) < 4.78 is 0. The molecule has 0 aromatic heterocycles. The molecule has 1 fully saturated rings. The van der Waals surface area contributed by atoms with Gasteiger partial charge in [-0.15, -0.1) is 0 Å². The van der Waals surface area contributed by atoms with Crippen LogP contribution < -0.4 is 10.6 Å². The van der Waals surface area contributed by atoms with Crippen molar-refractivity contribution in [1.29, 1.82) is 0 Å². The van der Waals surface area contributed by atoms with E-state index in [1.807, 2.05) is 31.2 Å². The van der Waals surface area contributed by atoms with Gasteiger partial charge in [0.2, 0.25) is 11.8 Å². The Bertz CT molecular complexity index is 546. The summed E-state index contributed by atoms with van der Waals surface area (Å²) in [6, 6.07) is 8.16. The molecule has 1 aliphatic carbocycles. The van der Waals surface area contributed by atoms with Crippen molar-refractivity contribution in [2.24, 2.45) is 5.41 Å². The van der Waals surface area contributed by atoms with Crippen molar-refractivity contribution in [3.63, 3.8) is 0 Å². The molecule has 4 nitrogen and oxygen atoms in total. The first-order valence-corrected chi connectivity index (χ1v) is 8.05. The van der Waals surface area contributed by atoms with E-state index in [1.165, 1.54) is 0 Å². The molecule has 4 heteroatoms. The number of rotatable bonds is 5. The van der Waals surface area contributed by atoms with Gasteiger partial charge >= 0.3 is 0 Å². The van der Waals surface area contributed by atoms with Crippen LogP contribution in [0.5, 0.6) is 0 Å². The molecule has 22 heavy (non-hydrogen) atoms. The first-order chi connectivity index (χ1) is 10.4. The van der Waals surface area contributed by atoms with Gasteiger partial charge < -0.3 is 10.6 Å². The molecular weight excluding hydrogens is 276 g/mol. The Balaban J connectivity index is 1.91. The van der Waals surface area contributed by atoms with Crippen LogP contribution in [0.2, 0.25) is 0 Å². The Morgan fingerprint density at radius 1 is 1.14 bits per heavy atom. The average molecular weight is 302 g/mol. The molecule has 1 aromatic rings. The topological polar surface area (TPSA) is 58.2 Å². The third kappa shape index (κ3) is 3.87. The summed E-state index contributed by atoms with van der Waals surface area (Å²) in [7, 11) is 0. The second kappa shape index (κ2) is 6.95. The SMILES string of the molecule is Cc1ccccc1CNC(=O)C(C)(C)C(=O)NC1CCCC1. The van der Waals surface area contributed by atoms with Gasteiger partial charge in [-0.05, 0) is 44.7 Å². The van der Waals surface area contributed by atoms with E-state index in [4.69, 9.17) is 0 Å². The third-order valence-corrected chi connectivity index (χ3v) is 4.53. The van der Waals surface area contributed by atoms with Gasteiger partial charge in [0.25, 0.3) is 0 Å². The number of carbonyl (C=O) groups is 2. The highest BCUT2D eigenvalue weighted by Gasteiger charge is 2.37. The normalized spacial score (nSPS) is 15.6. The molecule has 0 bridgehead atoms. The summed E-state index contributed by atoms with van der Waals surface area (Å²) in [5.41, 5.74) is 1.16. The van der Waals surface area contributed by atoms with E-state index in [-0.39, 0.29) is 17.9 Å². The van der Waals surface area contributed by atoms with Crippen LogP contribution >= 0.6 is 0 Å². The van der Waals surface area contributed by atoms with E-state index in [1.54, 1.807) is 13.8 Å². The van der Waals surface area contributed by atoms with E-state index in [0.29, 0.717) is 6.54 Å². The minimum atomic E-state index is -1.05. The molecule has 0 unspecified atom stereocenters. The van der Waals surface area contributed by atoms with Gasteiger partial charge in [0.15, 0.2) is 0 Å². The number of amides is 2. The van der Waals surface area contributed by atoms with Gasteiger partial charge in [-0.2, -0.15) is 0 Å². The van der Waals surface area contributed by atoms with E-state index >= 15 is 0 Å². The Kier molecular flexibility index (Phi) is 5.22. The average Bonchev–Trinajstić information content (AvgIpc) is 2.98. The minimum Gasteiger partial charge on any atom is -0.352 e. The number of nitrogens with one attached hydrogen (secondary N) is 2. The summed E-state index contributed by atoms with van der Waals surface area (Å²) in [5.74, 6) is -0.409. The lowest BCUT2D eigenvalue weighted by molar-refractivity contribution is -0.141. The predicted molar refractivity (Wildman–Crippen MR) is 87.2 cm³/mol. The standard InChI is InChI=1S/C18H26N2O2/c1-13-8-4-5-9-14(13)12-19-16(21)18(2,3)17(22)20-15-10-6-7-11-15/h4-5,8-9,15H,6-7,10-12H2,1-3H3,(H,19,21)(H,20,22). The van der Waals surface area contributed by atoms with Crippen molar-refractivity contribution in [1.82, 2.24) is 10.6 Å². The molecule has 2 N–H and O–H groups in total. The van der Waals surface area contributed by atoms with Gasteiger partial charge in [-0.25, -0.2) is 0 Å². The van der Waals surface area contributed by atoms with E-state index < -0.39 is 5.41 Å². The monoisotopic (exact) mass is 302 g/mol. The Hall–Kier alpha value is -1.84. The second-order valence-corrected chi connectivity index (χ2v) is 6.69. The highest BCUT2D eigenvalue weighted by atomic mass is 16.2. The molecule has 0 heterocycles. The summed E-state index contributed by atoms with van der Waals surface area (Å²) in [4.78, 5) is 24.8. The highest BCUT2D eigenvalue weighted by Crippen LogP contribution is 2.21. The molecular formula is C18H26N2O2. The second-order valence-electron chi connectivity index (χ2n) is 6.69. The molecule has 0 radical (unpaired) electrons. The lowest BCUT2D eigenvalue weighted by Crippen LogP contribution is -2.49. The van der Waals surface area contributed by atoms with Gasteiger partial charge in [-0.3, -0.25) is 9.59 Å². The maximum Gasteiger partial charge on any atom is 0.235 e. The molecule has 0 atom stereocenters. The van der Waals surface area contributed by atoms with E-state index in [0.717, 1.165) is 36.8 Å². The summed E-state index contributed by atoms with van der Waals surface area (Å²) >= 11 is 0. The number of hydrogen-bond donors (Lipinski definition) is 2. The molecule has 1 aliphatic rings. The van der Waals surface area contributed by atoms with Crippen LogP contribution in [0, 0.1) is 12.3 Å². The molecule has 120 valence electrons. The molecule has 1 aromatic carbocycles. The number of aryl methyl sites for hydroxylation is 1. The molecule has 2 rings (SSSR count). The first-order valence-electron chi connectivity index (χ1n) is 8.05. The van der Waals surface area contributed by atoms with Crippen LogP contribution in [0.1, 0.15) is 50.7 Å². The van der Waals surface area contributed by atoms with Crippen LogP contribution in [-0.4, -0.2) is 17.9 Å². The number of hydrogen-bond acceptors (Lipinski definition) is 2. The zero-order chi connectivity index (χ0) is 16.2. The van der Waals surface area contributed by atoms with Crippen molar-refractivity contribution in [3.05, 3.63) is 35.4 Å². The number of benzene rings is 1. The minimum absolute atomic E-state index is 0.179. The van der Waals surface area contributed by atoms with Crippen LogP contribution in [-0.2, 0) is 16.1 Å². The van der Waals surface area contributed by atoms with Crippen molar-refractivity contribution < 1.29 is 9.59 Å². The fourth-order valence-electron chi connectivity index (χ4n) is 2.74. The lowest BCUT2D eigenvalue weighted by atomic mass is 9.90. The highest BCUT2D eigenvalue weighted by molar-refractivity contribution is 6.04. The third-order valence-electron chi connectivity index (χ3n) is 4.53. The number of carbonyl (C=O) groups excluding carboxylic acids is 2. The van der Waals surface area contributed by atoms with Crippen LogP contribution in [0.4, 0.5) is 0 Å². The maximum absolute atomic E-state index is 12.4. The quantitative estimate of drug-likeness (QED) is 0.822. The Morgan fingerprint density at radius 3 is 2.41 bits per heavy atom. The molecule has 2 amide bonds. The van der Waals surface area contributed by atoms with Gasteiger partial charge in [0, 0.05) is 12.6 Å². The van der Waals surface area contributed by atoms with Gasteiger partial charge in [0.05, 0.1) is 0 Å². The first kappa shape index (κ1) is 16.5. The van der Waals surface area contributed by atoms with Crippen LogP contribution in [0.15, 0.2) is 24.3 Å². The smallest absolute Gasteiger partial charge is 0.235 e.